The van der Waals surface area contributed by atoms with Crippen LogP contribution in [0.2, 0.25) is 0 Å². The molecule has 0 spiro atoms. The standard InChI is InChI=1S/C18H26N2O4S/c1-13-7-9-15(10-8-13)25(22,23)19-14(2)18(21)20-11-12-24-17-6-4-3-5-16(17)20/h7-10,14,16-17,19H,3-6,11-12H2,1-2H3/t14-,16-,17-/m0/s1. The number of carbonyl (C=O) groups excluding carboxylic acids is 1. The average Bonchev–Trinajstić information content (AvgIpc) is 2.60. The summed E-state index contributed by atoms with van der Waals surface area (Å²) in [6.07, 6.45) is 4.19. The normalized spacial score (nSPS) is 25.3. The van der Waals surface area contributed by atoms with Crippen LogP contribution in [-0.4, -0.2) is 50.6 Å². The second kappa shape index (κ2) is 7.43. The minimum Gasteiger partial charge on any atom is -0.374 e. The van der Waals surface area contributed by atoms with Gasteiger partial charge in [0.1, 0.15) is 0 Å². The van der Waals surface area contributed by atoms with E-state index >= 15 is 0 Å². The van der Waals surface area contributed by atoms with Crippen molar-refractivity contribution in [3.63, 3.8) is 0 Å². The van der Waals surface area contributed by atoms with Crippen molar-refractivity contribution in [3.8, 4) is 0 Å². The third-order valence-corrected chi connectivity index (χ3v) is 6.61. The maximum Gasteiger partial charge on any atom is 0.241 e. The molecule has 1 N–H and O–H groups in total. The van der Waals surface area contributed by atoms with Crippen molar-refractivity contribution in [3.05, 3.63) is 29.8 Å². The van der Waals surface area contributed by atoms with Crippen LogP contribution in [0.3, 0.4) is 0 Å². The SMILES string of the molecule is Cc1ccc(S(=O)(=O)N[C@@H](C)C(=O)N2CCO[C@H]3CCCC[C@@H]32)cc1. The molecule has 2 fully saturated rings. The Morgan fingerprint density at radius 1 is 1.24 bits per heavy atom. The van der Waals surface area contributed by atoms with Gasteiger partial charge in [-0.25, -0.2) is 8.42 Å². The second-order valence-corrected chi connectivity index (χ2v) is 8.66. The van der Waals surface area contributed by atoms with E-state index in [9.17, 15) is 13.2 Å². The van der Waals surface area contributed by atoms with Gasteiger partial charge >= 0.3 is 0 Å². The number of morpholine rings is 1. The van der Waals surface area contributed by atoms with Gasteiger partial charge in [0.2, 0.25) is 15.9 Å². The first-order chi connectivity index (χ1) is 11.9. The number of hydrogen-bond donors (Lipinski definition) is 1. The summed E-state index contributed by atoms with van der Waals surface area (Å²) < 4.78 is 33.4. The lowest BCUT2D eigenvalue weighted by Crippen LogP contribution is -2.58. The number of sulfonamides is 1. The van der Waals surface area contributed by atoms with E-state index < -0.39 is 16.1 Å². The van der Waals surface area contributed by atoms with Crippen LogP contribution in [0.1, 0.15) is 38.2 Å². The molecule has 25 heavy (non-hydrogen) atoms. The molecule has 1 heterocycles. The van der Waals surface area contributed by atoms with E-state index in [2.05, 4.69) is 4.72 Å². The first-order valence-corrected chi connectivity index (χ1v) is 10.4. The van der Waals surface area contributed by atoms with Crippen LogP contribution in [0.5, 0.6) is 0 Å². The van der Waals surface area contributed by atoms with Crippen LogP contribution in [0, 0.1) is 6.92 Å². The van der Waals surface area contributed by atoms with E-state index in [-0.39, 0.29) is 22.9 Å². The van der Waals surface area contributed by atoms with Crippen molar-refractivity contribution in [1.82, 2.24) is 9.62 Å². The highest BCUT2D eigenvalue weighted by molar-refractivity contribution is 7.89. The number of amides is 1. The minimum absolute atomic E-state index is 0.0707. The van der Waals surface area contributed by atoms with Crippen molar-refractivity contribution in [2.24, 2.45) is 0 Å². The largest absolute Gasteiger partial charge is 0.374 e. The van der Waals surface area contributed by atoms with Gasteiger partial charge in [-0.15, -0.1) is 0 Å². The Kier molecular flexibility index (Phi) is 5.46. The minimum atomic E-state index is -3.72. The number of fused-ring (bicyclic) bond motifs is 1. The molecular formula is C18H26N2O4S. The zero-order valence-electron chi connectivity index (χ0n) is 14.8. The van der Waals surface area contributed by atoms with E-state index in [1.807, 2.05) is 11.8 Å². The molecule has 0 aromatic heterocycles. The molecule has 138 valence electrons. The molecule has 1 amide bonds. The molecule has 6 nitrogen and oxygen atoms in total. The monoisotopic (exact) mass is 366 g/mol. The number of benzene rings is 1. The van der Waals surface area contributed by atoms with Crippen LogP contribution in [-0.2, 0) is 19.6 Å². The van der Waals surface area contributed by atoms with Crippen molar-refractivity contribution >= 4 is 15.9 Å². The zero-order chi connectivity index (χ0) is 18.0. The Morgan fingerprint density at radius 3 is 2.64 bits per heavy atom. The van der Waals surface area contributed by atoms with Crippen LogP contribution in [0.15, 0.2) is 29.2 Å². The van der Waals surface area contributed by atoms with Crippen LogP contribution < -0.4 is 4.72 Å². The topological polar surface area (TPSA) is 75.7 Å². The van der Waals surface area contributed by atoms with Gasteiger partial charge in [-0.3, -0.25) is 4.79 Å². The van der Waals surface area contributed by atoms with Crippen molar-refractivity contribution < 1.29 is 17.9 Å². The Labute approximate surface area is 149 Å². The average molecular weight is 366 g/mol. The van der Waals surface area contributed by atoms with Crippen LogP contribution in [0.25, 0.3) is 0 Å². The van der Waals surface area contributed by atoms with Crippen LogP contribution in [0.4, 0.5) is 0 Å². The first kappa shape index (κ1) is 18.4. The Morgan fingerprint density at radius 2 is 1.92 bits per heavy atom. The summed E-state index contributed by atoms with van der Waals surface area (Å²) in [7, 11) is -3.72. The number of nitrogens with zero attached hydrogens (tertiary/aromatic N) is 1. The number of rotatable bonds is 4. The fraction of sp³-hybridized carbons (Fsp3) is 0.611. The lowest BCUT2D eigenvalue weighted by atomic mass is 9.90. The van der Waals surface area contributed by atoms with Crippen molar-refractivity contribution in [2.75, 3.05) is 13.2 Å². The van der Waals surface area contributed by atoms with Gasteiger partial charge in [-0.05, 0) is 38.8 Å². The third kappa shape index (κ3) is 4.04. The molecule has 1 saturated carbocycles. The Bertz CT molecular complexity index is 715. The fourth-order valence-electron chi connectivity index (χ4n) is 3.69. The van der Waals surface area contributed by atoms with E-state index in [0.717, 1.165) is 31.2 Å². The number of hydrogen-bond acceptors (Lipinski definition) is 4. The fourth-order valence-corrected chi connectivity index (χ4v) is 4.88. The maximum atomic E-state index is 12.9. The summed E-state index contributed by atoms with van der Waals surface area (Å²) in [6, 6.07) is 5.88. The molecule has 0 unspecified atom stereocenters. The zero-order valence-corrected chi connectivity index (χ0v) is 15.6. The molecule has 3 rings (SSSR count). The van der Waals surface area contributed by atoms with Gasteiger partial charge in [0.15, 0.2) is 0 Å². The summed E-state index contributed by atoms with van der Waals surface area (Å²) in [6.45, 7) is 4.55. The van der Waals surface area contributed by atoms with E-state index in [1.54, 1.807) is 31.2 Å². The van der Waals surface area contributed by atoms with Gasteiger partial charge < -0.3 is 9.64 Å². The molecule has 1 aromatic rings. The molecule has 3 atom stereocenters. The summed E-state index contributed by atoms with van der Waals surface area (Å²) in [5.74, 6) is -0.170. The van der Waals surface area contributed by atoms with Gasteiger partial charge in [-0.1, -0.05) is 30.5 Å². The number of carbonyl (C=O) groups is 1. The molecule has 1 aliphatic heterocycles. The van der Waals surface area contributed by atoms with Crippen molar-refractivity contribution in [2.45, 2.75) is 62.6 Å². The summed E-state index contributed by atoms with van der Waals surface area (Å²) >= 11 is 0. The Balaban J connectivity index is 1.70. The molecule has 7 heteroatoms. The molecule has 1 saturated heterocycles. The van der Waals surface area contributed by atoms with E-state index in [4.69, 9.17) is 4.74 Å². The lowest BCUT2D eigenvalue weighted by molar-refractivity contribution is -0.150. The number of nitrogens with one attached hydrogen (secondary N) is 1. The predicted molar refractivity (Wildman–Crippen MR) is 94.7 cm³/mol. The van der Waals surface area contributed by atoms with E-state index in [1.165, 1.54) is 0 Å². The smallest absolute Gasteiger partial charge is 0.241 e. The quantitative estimate of drug-likeness (QED) is 0.882. The molecular weight excluding hydrogens is 340 g/mol. The number of ether oxygens (including phenoxy) is 1. The molecule has 0 bridgehead atoms. The summed E-state index contributed by atoms with van der Waals surface area (Å²) in [4.78, 5) is 14.9. The highest BCUT2D eigenvalue weighted by Crippen LogP contribution is 2.29. The predicted octanol–water partition coefficient (Wildman–Crippen LogP) is 1.83. The maximum absolute atomic E-state index is 12.9. The number of aryl methyl sites for hydroxylation is 1. The van der Waals surface area contributed by atoms with E-state index in [0.29, 0.717) is 13.2 Å². The molecule has 1 aliphatic carbocycles. The van der Waals surface area contributed by atoms with Gasteiger partial charge in [0.05, 0.1) is 29.7 Å². The van der Waals surface area contributed by atoms with Crippen LogP contribution >= 0.6 is 0 Å². The Hall–Kier alpha value is -1.44. The molecule has 0 radical (unpaired) electrons. The molecule has 1 aromatic carbocycles. The highest BCUT2D eigenvalue weighted by Gasteiger charge is 2.38. The summed E-state index contributed by atoms with van der Waals surface area (Å²) in [5, 5.41) is 0. The first-order valence-electron chi connectivity index (χ1n) is 8.89. The van der Waals surface area contributed by atoms with Gasteiger partial charge in [0, 0.05) is 6.54 Å². The van der Waals surface area contributed by atoms with Crippen molar-refractivity contribution in [1.29, 1.82) is 0 Å². The highest BCUT2D eigenvalue weighted by atomic mass is 32.2. The van der Waals surface area contributed by atoms with Gasteiger partial charge in [-0.2, -0.15) is 4.72 Å². The summed E-state index contributed by atoms with van der Waals surface area (Å²) in [5.41, 5.74) is 0.986. The second-order valence-electron chi connectivity index (χ2n) is 6.95. The lowest BCUT2D eigenvalue weighted by Gasteiger charge is -2.44. The third-order valence-electron chi connectivity index (χ3n) is 5.05. The van der Waals surface area contributed by atoms with Gasteiger partial charge in [0.25, 0.3) is 0 Å². The molecule has 2 aliphatic rings.